The van der Waals surface area contributed by atoms with Gasteiger partial charge in [0.2, 0.25) is 0 Å². The summed E-state index contributed by atoms with van der Waals surface area (Å²) in [4.78, 5) is 4.97. The van der Waals surface area contributed by atoms with Crippen LogP contribution in [-0.4, -0.2) is 49.6 Å². The van der Waals surface area contributed by atoms with Gasteiger partial charge in [-0.1, -0.05) is 44.0 Å². The topological polar surface area (TPSA) is 15.7 Å². The van der Waals surface area contributed by atoms with E-state index in [2.05, 4.69) is 91.2 Å². The monoisotopic (exact) mass is 480 g/mol. The Hall–Kier alpha value is -0.880. The number of rotatable bonds is 7. The Labute approximate surface area is 173 Å². The molecule has 140 valence electrons. The molecule has 3 nitrogen and oxygen atoms in total. The maximum Gasteiger partial charge on any atom is 0.123 e. The molecule has 0 bridgehead atoms. The number of ether oxygens (including phenoxy) is 1. The largest absolute Gasteiger partial charge is 0.489 e. The second-order valence-corrected chi connectivity index (χ2v) is 8.75. The second-order valence-electron chi connectivity index (χ2n) is 6.92. The zero-order valence-corrected chi connectivity index (χ0v) is 18.4. The minimum absolute atomic E-state index is 0.598. The van der Waals surface area contributed by atoms with Crippen LogP contribution in [0.5, 0.6) is 5.75 Å². The van der Waals surface area contributed by atoms with Crippen LogP contribution in [0.4, 0.5) is 0 Å². The van der Waals surface area contributed by atoms with Crippen LogP contribution >= 0.6 is 31.9 Å². The quantitative estimate of drug-likeness (QED) is 0.555. The summed E-state index contributed by atoms with van der Waals surface area (Å²) >= 11 is 7.07. The second kappa shape index (κ2) is 9.88. The Balaban J connectivity index is 1.54. The lowest BCUT2D eigenvalue weighted by atomic mass is 10.1. The van der Waals surface area contributed by atoms with Gasteiger partial charge in [0, 0.05) is 35.1 Å². The molecule has 26 heavy (non-hydrogen) atoms. The van der Waals surface area contributed by atoms with Crippen molar-refractivity contribution in [3.8, 4) is 5.75 Å². The number of hydrogen-bond donors (Lipinski definition) is 0. The van der Waals surface area contributed by atoms with Gasteiger partial charge in [-0.2, -0.15) is 0 Å². The van der Waals surface area contributed by atoms with Gasteiger partial charge in [-0.05, 0) is 67.9 Å². The third kappa shape index (κ3) is 6.08. The number of piperazine rings is 1. The van der Waals surface area contributed by atoms with Gasteiger partial charge in [0.05, 0.1) is 0 Å². The fourth-order valence-electron chi connectivity index (χ4n) is 3.19. The molecular weight excluding hydrogens is 456 g/mol. The lowest BCUT2D eigenvalue weighted by molar-refractivity contribution is 0.153. The lowest BCUT2D eigenvalue weighted by Crippen LogP contribution is -2.44. The molecule has 1 saturated heterocycles. The molecule has 1 fully saturated rings. The molecule has 3 rings (SSSR count). The van der Waals surface area contributed by atoms with Gasteiger partial charge in [-0.15, -0.1) is 0 Å². The van der Waals surface area contributed by atoms with E-state index in [1.807, 2.05) is 0 Å². The zero-order valence-electron chi connectivity index (χ0n) is 15.3. The van der Waals surface area contributed by atoms with Gasteiger partial charge in [-0.3, -0.25) is 0 Å². The Morgan fingerprint density at radius 2 is 1.62 bits per heavy atom. The third-order valence-electron chi connectivity index (χ3n) is 4.85. The normalized spacial score (nSPS) is 16.0. The maximum atomic E-state index is 6.12. The lowest BCUT2D eigenvalue weighted by Gasteiger charge is -2.32. The van der Waals surface area contributed by atoms with Gasteiger partial charge >= 0.3 is 0 Å². The molecule has 1 aliphatic heterocycles. The molecular formula is C21H26Br2N2O. The van der Waals surface area contributed by atoms with Crippen molar-refractivity contribution in [2.24, 2.45) is 0 Å². The van der Waals surface area contributed by atoms with Crippen molar-refractivity contribution in [2.75, 3.05) is 39.8 Å². The average Bonchev–Trinajstić information content (AvgIpc) is 2.64. The summed E-state index contributed by atoms with van der Waals surface area (Å²) in [6, 6.07) is 14.6. The van der Waals surface area contributed by atoms with Crippen molar-refractivity contribution in [2.45, 2.75) is 19.4 Å². The van der Waals surface area contributed by atoms with E-state index in [1.165, 1.54) is 37.3 Å². The third-order valence-corrected chi connectivity index (χ3v) is 5.87. The minimum Gasteiger partial charge on any atom is -0.489 e. The van der Waals surface area contributed by atoms with Crippen LogP contribution in [0.1, 0.15) is 17.5 Å². The number of benzene rings is 2. The van der Waals surface area contributed by atoms with Crippen molar-refractivity contribution in [3.05, 3.63) is 62.5 Å². The highest BCUT2D eigenvalue weighted by molar-refractivity contribution is 9.10. The van der Waals surface area contributed by atoms with Crippen LogP contribution in [-0.2, 0) is 13.0 Å². The molecule has 1 aliphatic rings. The molecule has 0 amide bonds. The van der Waals surface area contributed by atoms with Gasteiger partial charge in [0.25, 0.3) is 0 Å². The van der Waals surface area contributed by atoms with Gasteiger partial charge in [0.15, 0.2) is 0 Å². The van der Waals surface area contributed by atoms with Gasteiger partial charge in [-0.25, -0.2) is 0 Å². The van der Waals surface area contributed by atoms with Crippen molar-refractivity contribution >= 4 is 31.9 Å². The number of nitrogens with zero attached hydrogens (tertiary/aromatic N) is 2. The van der Waals surface area contributed by atoms with E-state index in [9.17, 15) is 0 Å². The smallest absolute Gasteiger partial charge is 0.123 e. The first kappa shape index (κ1) is 19.9. The summed E-state index contributed by atoms with van der Waals surface area (Å²) in [5, 5.41) is 0. The summed E-state index contributed by atoms with van der Waals surface area (Å²) in [5.74, 6) is 0.995. The molecule has 0 unspecified atom stereocenters. The minimum atomic E-state index is 0.598. The molecule has 0 N–H and O–H groups in total. The SMILES string of the molecule is CN1CCN(CCCc2cc(Br)ccc2OCc2ccc(Br)cc2)CC1. The van der Waals surface area contributed by atoms with E-state index in [-0.39, 0.29) is 0 Å². The number of hydrogen-bond acceptors (Lipinski definition) is 3. The number of aryl methyl sites for hydroxylation is 1. The van der Waals surface area contributed by atoms with E-state index >= 15 is 0 Å². The van der Waals surface area contributed by atoms with Crippen molar-refractivity contribution < 1.29 is 4.74 Å². The van der Waals surface area contributed by atoms with E-state index < -0.39 is 0 Å². The highest BCUT2D eigenvalue weighted by atomic mass is 79.9. The summed E-state index contributed by atoms with van der Waals surface area (Å²) in [6.45, 7) is 6.48. The summed E-state index contributed by atoms with van der Waals surface area (Å²) in [5.41, 5.74) is 2.46. The predicted molar refractivity (Wildman–Crippen MR) is 115 cm³/mol. The van der Waals surface area contributed by atoms with Crippen molar-refractivity contribution in [1.29, 1.82) is 0 Å². The van der Waals surface area contributed by atoms with E-state index in [0.717, 1.165) is 34.1 Å². The Bertz CT molecular complexity index is 698. The highest BCUT2D eigenvalue weighted by Crippen LogP contribution is 2.26. The standard InChI is InChI=1S/C21H26Br2N2O/c1-24-11-13-25(14-12-24)10-2-3-18-15-20(23)8-9-21(18)26-16-17-4-6-19(22)7-5-17/h4-9,15H,2-3,10-14,16H2,1H3. The molecule has 0 aromatic heterocycles. The summed E-state index contributed by atoms with van der Waals surface area (Å²) in [7, 11) is 2.20. The fourth-order valence-corrected chi connectivity index (χ4v) is 3.86. The fraction of sp³-hybridized carbons (Fsp3) is 0.429. The molecule has 2 aromatic carbocycles. The molecule has 0 atom stereocenters. The van der Waals surface area contributed by atoms with Gasteiger partial charge < -0.3 is 14.5 Å². The van der Waals surface area contributed by atoms with Gasteiger partial charge in [0.1, 0.15) is 12.4 Å². The highest BCUT2D eigenvalue weighted by Gasteiger charge is 2.13. The van der Waals surface area contributed by atoms with Crippen molar-refractivity contribution in [1.82, 2.24) is 9.80 Å². The van der Waals surface area contributed by atoms with Crippen LogP contribution in [0.25, 0.3) is 0 Å². The van der Waals surface area contributed by atoms with Crippen LogP contribution in [0.2, 0.25) is 0 Å². The Morgan fingerprint density at radius 1 is 0.923 bits per heavy atom. The molecule has 0 aliphatic carbocycles. The average molecular weight is 482 g/mol. The first-order chi connectivity index (χ1) is 12.6. The van der Waals surface area contributed by atoms with E-state index in [1.54, 1.807) is 0 Å². The number of likely N-dealkylation sites (N-methyl/N-ethyl adjacent to an activating group) is 1. The Kier molecular flexibility index (Phi) is 7.55. The van der Waals surface area contributed by atoms with E-state index in [4.69, 9.17) is 4.74 Å². The summed E-state index contributed by atoms with van der Waals surface area (Å²) in [6.07, 6.45) is 2.20. The first-order valence-electron chi connectivity index (χ1n) is 9.17. The molecule has 1 heterocycles. The molecule has 0 spiro atoms. The summed E-state index contributed by atoms with van der Waals surface area (Å²) < 4.78 is 8.32. The predicted octanol–water partition coefficient (Wildman–Crippen LogP) is 4.97. The molecule has 0 saturated carbocycles. The maximum absolute atomic E-state index is 6.12. The van der Waals surface area contributed by atoms with Crippen LogP contribution in [0.15, 0.2) is 51.4 Å². The van der Waals surface area contributed by atoms with Crippen molar-refractivity contribution in [3.63, 3.8) is 0 Å². The first-order valence-corrected chi connectivity index (χ1v) is 10.8. The molecule has 5 heteroatoms. The zero-order chi connectivity index (χ0) is 18.4. The van der Waals surface area contributed by atoms with Crippen LogP contribution in [0, 0.1) is 0 Å². The van der Waals surface area contributed by atoms with E-state index in [0.29, 0.717) is 6.61 Å². The Morgan fingerprint density at radius 3 is 2.35 bits per heavy atom. The molecule has 0 radical (unpaired) electrons. The van der Waals surface area contributed by atoms with Crippen LogP contribution in [0.3, 0.4) is 0 Å². The van der Waals surface area contributed by atoms with Crippen LogP contribution < -0.4 is 4.74 Å². The molecule has 2 aromatic rings. The number of halogens is 2.